The smallest absolute Gasteiger partial charge is 0.243 e. The molecule has 23 heavy (non-hydrogen) atoms. The zero-order valence-electron chi connectivity index (χ0n) is 13.0. The lowest BCUT2D eigenvalue weighted by molar-refractivity contribution is -0.124. The van der Waals surface area contributed by atoms with Crippen LogP contribution in [0.25, 0.3) is 0 Å². The van der Waals surface area contributed by atoms with Crippen molar-refractivity contribution < 1.29 is 13.2 Å². The van der Waals surface area contributed by atoms with E-state index in [0.717, 1.165) is 12.8 Å². The van der Waals surface area contributed by atoms with Gasteiger partial charge in [0.25, 0.3) is 0 Å². The van der Waals surface area contributed by atoms with Gasteiger partial charge in [-0.2, -0.15) is 4.31 Å². The summed E-state index contributed by atoms with van der Waals surface area (Å²) in [7, 11) is -1.95. The monoisotopic (exact) mass is 338 g/mol. The molecule has 7 nitrogen and oxygen atoms in total. The molecule has 1 aromatic carbocycles. The highest BCUT2D eigenvalue weighted by atomic mass is 32.2. The maximum absolute atomic E-state index is 12.9. The van der Waals surface area contributed by atoms with Crippen LogP contribution in [0.1, 0.15) is 12.8 Å². The second-order valence-electron chi connectivity index (χ2n) is 5.91. The van der Waals surface area contributed by atoms with Crippen molar-refractivity contribution in [3.8, 4) is 0 Å². The van der Waals surface area contributed by atoms with Crippen LogP contribution in [0.15, 0.2) is 35.2 Å². The molecule has 3 atom stereocenters. The molecule has 1 amide bonds. The number of carbonyl (C=O) groups is 1. The van der Waals surface area contributed by atoms with Crippen molar-refractivity contribution in [1.29, 1.82) is 0 Å². The first-order valence-electron chi connectivity index (χ1n) is 7.82. The number of hydrogen-bond donors (Lipinski definition) is 3. The molecular weight excluding hydrogens is 316 g/mol. The molecule has 3 unspecified atom stereocenters. The normalized spacial score (nSPS) is 28.8. The van der Waals surface area contributed by atoms with Crippen molar-refractivity contribution >= 4 is 15.9 Å². The third-order valence-corrected chi connectivity index (χ3v) is 6.56. The number of hydrogen-bond acceptors (Lipinski definition) is 5. The summed E-state index contributed by atoms with van der Waals surface area (Å²) in [6, 6.07) is 8.02. The quantitative estimate of drug-likeness (QED) is 0.700. The summed E-state index contributed by atoms with van der Waals surface area (Å²) in [5.41, 5.74) is 6.09. The average molecular weight is 338 g/mol. The van der Waals surface area contributed by atoms with Gasteiger partial charge < -0.3 is 5.32 Å². The molecule has 3 N–H and O–H groups in total. The Labute approximate surface area is 136 Å². The number of nitrogens with zero attached hydrogens (tertiary/aromatic N) is 1. The molecule has 0 radical (unpaired) electrons. The summed E-state index contributed by atoms with van der Waals surface area (Å²) in [5, 5.41) is 2.66. The van der Waals surface area contributed by atoms with E-state index < -0.39 is 10.0 Å². The number of hydrazine groups is 1. The van der Waals surface area contributed by atoms with E-state index in [1.807, 2.05) is 0 Å². The van der Waals surface area contributed by atoms with Gasteiger partial charge in [0.2, 0.25) is 15.9 Å². The van der Waals surface area contributed by atoms with Crippen LogP contribution < -0.4 is 16.2 Å². The lowest BCUT2D eigenvalue weighted by Gasteiger charge is -2.31. The summed E-state index contributed by atoms with van der Waals surface area (Å²) < 4.78 is 27.4. The van der Waals surface area contributed by atoms with E-state index in [-0.39, 0.29) is 23.9 Å². The molecule has 2 aliphatic rings. The molecule has 126 valence electrons. The van der Waals surface area contributed by atoms with Gasteiger partial charge >= 0.3 is 0 Å². The van der Waals surface area contributed by atoms with Crippen LogP contribution in [0.2, 0.25) is 0 Å². The van der Waals surface area contributed by atoms with Gasteiger partial charge in [-0.1, -0.05) is 18.2 Å². The molecule has 2 fully saturated rings. The van der Waals surface area contributed by atoms with Crippen LogP contribution >= 0.6 is 0 Å². The first-order chi connectivity index (χ1) is 11.1. The molecule has 0 saturated carbocycles. The van der Waals surface area contributed by atoms with Crippen molar-refractivity contribution in [2.45, 2.75) is 29.8 Å². The summed E-state index contributed by atoms with van der Waals surface area (Å²) in [5.74, 6) is -0.354. The highest BCUT2D eigenvalue weighted by Gasteiger charge is 2.45. The molecule has 0 spiro atoms. The highest BCUT2D eigenvalue weighted by Crippen LogP contribution is 2.31. The van der Waals surface area contributed by atoms with Crippen molar-refractivity contribution in [1.82, 2.24) is 20.5 Å². The van der Waals surface area contributed by atoms with Gasteiger partial charge in [0.15, 0.2) is 0 Å². The van der Waals surface area contributed by atoms with E-state index in [4.69, 9.17) is 0 Å². The molecule has 0 aromatic heterocycles. The molecular formula is C15H22N4O3S. The molecule has 1 aromatic rings. The number of amides is 1. The highest BCUT2D eigenvalue weighted by molar-refractivity contribution is 7.89. The zero-order valence-corrected chi connectivity index (χ0v) is 13.8. The Morgan fingerprint density at radius 2 is 2.04 bits per heavy atom. The first-order valence-corrected chi connectivity index (χ1v) is 9.26. The van der Waals surface area contributed by atoms with Gasteiger partial charge in [-0.15, -0.1) is 0 Å². The fraction of sp³-hybridized carbons (Fsp3) is 0.533. The minimum absolute atomic E-state index is 0.0727. The molecule has 0 bridgehead atoms. The molecule has 2 heterocycles. The summed E-state index contributed by atoms with van der Waals surface area (Å²) in [6.07, 6.45) is 1.55. The average Bonchev–Trinajstić information content (AvgIpc) is 3.23. The fourth-order valence-electron chi connectivity index (χ4n) is 3.47. The predicted octanol–water partition coefficient (Wildman–Crippen LogP) is -0.322. The fourth-order valence-corrected chi connectivity index (χ4v) is 5.21. The van der Waals surface area contributed by atoms with E-state index in [0.29, 0.717) is 18.0 Å². The summed E-state index contributed by atoms with van der Waals surface area (Å²) >= 11 is 0. The Morgan fingerprint density at radius 3 is 2.74 bits per heavy atom. The zero-order chi connectivity index (χ0) is 16.4. The van der Waals surface area contributed by atoms with Crippen LogP contribution in [0.4, 0.5) is 0 Å². The Kier molecular flexibility index (Phi) is 4.67. The van der Waals surface area contributed by atoms with Gasteiger partial charge in [-0.05, 0) is 25.0 Å². The first kappa shape index (κ1) is 16.4. The third kappa shape index (κ3) is 2.99. The Bertz CT molecular complexity index is 665. The Morgan fingerprint density at radius 1 is 1.30 bits per heavy atom. The van der Waals surface area contributed by atoms with E-state index in [9.17, 15) is 13.2 Å². The summed E-state index contributed by atoms with van der Waals surface area (Å²) in [6.45, 7) is 0.987. The number of sulfonamides is 1. The Hall–Kier alpha value is -1.48. The minimum atomic E-state index is -3.55. The van der Waals surface area contributed by atoms with Gasteiger partial charge in [0.1, 0.15) is 0 Å². The van der Waals surface area contributed by atoms with Crippen LogP contribution in [0.3, 0.4) is 0 Å². The van der Waals surface area contributed by atoms with E-state index >= 15 is 0 Å². The Balaban J connectivity index is 1.87. The standard InChI is InChI=1S/C15H22N4O3S/c1-16-15(20)12-10-17-18-14(12)13-8-5-9-19(13)23(21,22)11-6-3-2-4-7-11/h2-4,6-7,12-14,17-18H,5,8-10H2,1H3,(H,16,20). The lowest BCUT2D eigenvalue weighted by Crippen LogP contribution is -2.52. The van der Waals surface area contributed by atoms with Gasteiger partial charge in [-0.3, -0.25) is 15.6 Å². The van der Waals surface area contributed by atoms with Crippen LogP contribution in [0.5, 0.6) is 0 Å². The number of benzene rings is 1. The predicted molar refractivity (Wildman–Crippen MR) is 85.8 cm³/mol. The maximum atomic E-state index is 12.9. The van der Waals surface area contributed by atoms with Crippen molar-refractivity contribution in [3.63, 3.8) is 0 Å². The molecule has 3 rings (SSSR count). The second-order valence-corrected chi connectivity index (χ2v) is 7.80. The second kappa shape index (κ2) is 6.56. The summed E-state index contributed by atoms with van der Waals surface area (Å²) in [4.78, 5) is 12.3. The minimum Gasteiger partial charge on any atom is -0.359 e. The van der Waals surface area contributed by atoms with E-state index in [2.05, 4.69) is 16.2 Å². The van der Waals surface area contributed by atoms with Crippen LogP contribution in [-0.4, -0.2) is 50.9 Å². The van der Waals surface area contributed by atoms with E-state index in [1.54, 1.807) is 41.7 Å². The molecule has 8 heteroatoms. The number of carbonyl (C=O) groups excluding carboxylic acids is 1. The van der Waals surface area contributed by atoms with Gasteiger partial charge in [0, 0.05) is 26.2 Å². The van der Waals surface area contributed by atoms with Crippen LogP contribution in [-0.2, 0) is 14.8 Å². The van der Waals surface area contributed by atoms with E-state index in [1.165, 1.54) is 0 Å². The molecule has 2 saturated heterocycles. The topological polar surface area (TPSA) is 90.5 Å². The number of nitrogens with one attached hydrogen (secondary N) is 3. The largest absolute Gasteiger partial charge is 0.359 e. The van der Waals surface area contributed by atoms with Gasteiger partial charge in [0.05, 0.1) is 16.9 Å². The number of rotatable bonds is 4. The molecule has 0 aliphatic carbocycles. The lowest BCUT2D eigenvalue weighted by atomic mass is 9.93. The van der Waals surface area contributed by atoms with Crippen molar-refractivity contribution in [3.05, 3.63) is 30.3 Å². The maximum Gasteiger partial charge on any atom is 0.243 e. The van der Waals surface area contributed by atoms with Crippen molar-refractivity contribution in [2.75, 3.05) is 20.1 Å². The molecule has 2 aliphatic heterocycles. The van der Waals surface area contributed by atoms with Gasteiger partial charge in [-0.25, -0.2) is 8.42 Å². The van der Waals surface area contributed by atoms with Crippen LogP contribution in [0, 0.1) is 5.92 Å². The SMILES string of the molecule is CNC(=O)C1CNNC1C1CCCN1S(=O)(=O)c1ccccc1. The third-order valence-electron chi connectivity index (χ3n) is 4.62. The van der Waals surface area contributed by atoms with Crippen molar-refractivity contribution in [2.24, 2.45) is 5.92 Å².